The normalized spacial score (nSPS) is 24.9. The SMILES string of the molecule is CC1=CC(C)(C)[C@](O)(COC(=O)c2ccccc2)CC1. The van der Waals surface area contributed by atoms with Crippen LogP contribution >= 0.6 is 0 Å². The molecule has 108 valence electrons. The molecule has 1 aliphatic carbocycles. The Morgan fingerprint density at radius 3 is 2.55 bits per heavy atom. The van der Waals surface area contributed by atoms with Gasteiger partial charge in [-0.15, -0.1) is 0 Å². The van der Waals surface area contributed by atoms with Crippen molar-refractivity contribution in [3.63, 3.8) is 0 Å². The summed E-state index contributed by atoms with van der Waals surface area (Å²) in [5.41, 5.74) is 0.383. The van der Waals surface area contributed by atoms with E-state index in [1.807, 2.05) is 19.9 Å². The van der Waals surface area contributed by atoms with Gasteiger partial charge in [0.05, 0.1) is 5.56 Å². The van der Waals surface area contributed by atoms with E-state index in [2.05, 4.69) is 13.0 Å². The Morgan fingerprint density at radius 2 is 1.95 bits per heavy atom. The van der Waals surface area contributed by atoms with Crippen LogP contribution in [-0.4, -0.2) is 23.3 Å². The van der Waals surface area contributed by atoms with Gasteiger partial charge in [-0.25, -0.2) is 4.79 Å². The number of hydrogen-bond donors (Lipinski definition) is 1. The third-order valence-electron chi connectivity index (χ3n) is 4.19. The molecule has 2 rings (SSSR count). The average Bonchev–Trinajstić information content (AvgIpc) is 2.41. The second-order valence-electron chi connectivity index (χ2n) is 6.19. The molecule has 1 aromatic rings. The molecule has 0 heterocycles. The Balaban J connectivity index is 2.05. The van der Waals surface area contributed by atoms with Gasteiger partial charge in [-0.1, -0.05) is 43.7 Å². The van der Waals surface area contributed by atoms with E-state index in [9.17, 15) is 9.90 Å². The van der Waals surface area contributed by atoms with E-state index in [0.29, 0.717) is 12.0 Å². The Labute approximate surface area is 120 Å². The van der Waals surface area contributed by atoms with Gasteiger partial charge in [0.1, 0.15) is 12.2 Å². The van der Waals surface area contributed by atoms with Crippen LogP contribution in [0.4, 0.5) is 0 Å². The predicted molar refractivity (Wildman–Crippen MR) is 78.4 cm³/mol. The summed E-state index contributed by atoms with van der Waals surface area (Å²) in [4.78, 5) is 12.0. The van der Waals surface area contributed by atoms with Crippen molar-refractivity contribution in [1.82, 2.24) is 0 Å². The molecule has 0 unspecified atom stereocenters. The van der Waals surface area contributed by atoms with Crippen LogP contribution in [0.25, 0.3) is 0 Å². The minimum absolute atomic E-state index is 0.0253. The van der Waals surface area contributed by atoms with Crippen LogP contribution in [0.3, 0.4) is 0 Å². The number of carbonyl (C=O) groups excluding carboxylic acids is 1. The first kappa shape index (κ1) is 14.8. The van der Waals surface area contributed by atoms with Crippen LogP contribution < -0.4 is 0 Å². The molecule has 0 spiro atoms. The van der Waals surface area contributed by atoms with Crippen molar-refractivity contribution in [1.29, 1.82) is 0 Å². The van der Waals surface area contributed by atoms with Gasteiger partial charge in [-0.2, -0.15) is 0 Å². The first-order valence-electron chi connectivity index (χ1n) is 6.97. The highest BCUT2D eigenvalue weighted by atomic mass is 16.5. The number of aliphatic hydroxyl groups is 1. The zero-order chi connectivity index (χ0) is 14.8. The quantitative estimate of drug-likeness (QED) is 0.679. The highest BCUT2D eigenvalue weighted by molar-refractivity contribution is 5.89. The molecule has 0 aliphatic heterocycles. The van der Waals surface area contributed by atoms with E-state index in [1.54, 1.807) is 24.3 Å². The summed E-state index contributed by atoms with van der Waals surface area (Å²) in [6.45, 7) is 6.05. The second kappa shape index (κ2) is 5.41. The third kappa shape index (κ3) is 2.93. The molecule has 3 nitrogen and oxygen atoms in total. The fourth-order valence-electron chi connectivity index (χ4n) is 2.65. The maximum absolute atomic E-state index is 12.0. The van der Waals surface area contributed by atoms with Crippen molar-refractivity contribution >= 4 is 5.97 Å². The summed E-state index contributed by atoms with van der Waals surface area (Å²) in [5.74, 6) is -0.388. The predicted octanol–water partition coefficient (Wildman–Crippen LogP) is 3.34. The largest absolute Gasteiger partial charge is 0.459 e. The minimum atomic E-state index is -1.00. The van der Waals surface area contributed by atoms with Crippen molar-refractivity contribution < 1.29 is 14.6 Å². The van der Waals surface area contributed by atoms with Crippen molar-refractivity contribution in [2.24, 2.45) is 5.41 Å². The van der Waals surface area contributed by atoms with Gasteiger partial charge >= 0.3 is 5.97 Å². The maximum atomic E-state index is 12.0. The lowest BCUT2D eigenvalue weighted by molar-refractivity contribution is -0.0976. The summed E-state index contributed by atoms with van der Waals surface area (Å²) in [7, 11) is 0. The van der Waals surface area contributed by atoms with Crippen molar-refractivity contribution in [2.75, 3.05) is 6.61 Å². The van der Waals surface area contributed by atoms with Gasteiger partial charge in [-0.05, 0) is 31.9 Å². The Morgan fingerprint density at radius 1 is 1.30 bits per heavy atom. The molecular formula is C17H22O3. The fraction of sp³-hybridized carbons (Fsp3) is 0.471. The summed E-state index contributed by atoms with van der Waals surface area (Å²) in [5, 5.41) is 10.8. The molecule has 0 fully saturated rings. The number of benzene rings is 1. The van der Waals surface area contributed by atoms with E-state index in [0.717, 1.165) is 6.42 Å². The Hall–Kier alpha value is -1.61. The first-order chi connectivity index (χ1) is 9.34. The van der Waals surface area contributed by atoms with Gasteiger partial charge in [-0.3, -0.25) is 0 Å². The molecule has 3 heteroatoms. The number of esters is 1. The van der Waals surface area contributed by atoms with E-state index in [4.69, 9.17) is 4.74 Å². The lowest BCUT2D eigenvalue weighted by Crippen LogP contribution is -2.49. The van der Waals surface area contributed by atoms with Gasteiger partial charge in [0, 0.05) is 5.41 Å². The third-order valence-corrected chi connectivity index (χ3v) is 4.19. The molecule has 20 heavy (non-hydrogen) atoms. The number of hydrogen-bond acceptors (Lipinski definition) is 3. The number of carbonyl (C=O) groups is 1. The summed E-state index contributed by atoms with van der Waals surface area (Å²) >= 11 is 0. The van der Waals surface area contributed by atoms with E-state index in [1.165, 1.54) is 5.57 Å². The first-order valence-corrected chi connectivity index (χ1v) is 6.97. The van der Waals surface area contributed by atoms with Crippen molar-refractivity contribution in [3.8, 4) is 0 Å². The van der Waals surface area contributed by atoms with Crippen LogP contribution in [0.5, 0.6) is 0 Å². The Bertz CT molecular complexity index is 516. The zero-order valence-electron chi connectivity index (χ0n) is 12.3. The molecule has 0 saturated carbocycles. The Kier molecular flexibility index (Phi) is 4.00. The van der Waals surface area contributed by atoms with Crippen LogP contribution in [0.2, 0.25) is 0 Å². The van der Waals surface area contributed by atoms with Gasteiger partial charge in [0.2, 0.25) is 0 Å². The van der Waals surface area contributed by atoms with Crippen LogP contribution in [0.15, 0.2) is 42.0 Å². The molecule has 0 saturated heterocycles. The average molecular weight is 274 g/mol. The number of ether oxygens (including phenoxy) is 1. The smallest absolute Gasteiger partial charge is 0.338 e. The zero-order valence-corrected chi connectivity index (χ0v) is 12.3. The molecule has 0 aromatic heterocycles. The topological polar surface area (TPSA) is 46.5 Å². The molecule has 1 atom stereocenters. The monoisotopic (exact) mass is 274 g/mol. The van der Waals surface area contributed by atoms with E-state index in [-0.39, 0.29) is 12.6 Å². The summed E-state index contributed by atoms with van der Waals surface area (Å²) < 4.78 is 5.32. The van der Waals surface area contributed by atoms with E-state index < -0.39 is 11.0 Å². The van der Waals surface area contributed by atoms with Crippen LogP contribution in [0, 0.1) is 5.41 Å². The van der Waals surface area contributed by atoms with Gasteiger partial charge < -0.3 is 9.84 Å². The lowest BCUT2D eigenvalue weighted by Gasteiger charge is -2.43. The molecule has 0 bridgehead atoms. The molecule has 1 N–H and O–H groups in total. The second-order valence-corrected chi connectivity index (χ2v) is 6.19. The molecule has 0 amide bonds. The van der Waals surface area contributed by atoms with Crippen LogP contribution in [0.1, 0.15) is 44.0 Å². The minimum Gasteiger partial charge on any atom is -0.459 e. The van der Waals surface area contributed by atoms with Crippen LogP contribution in [-0.2, 0) is 4.74 Å². The standard InChI is InChI=1S/C17H22O3/c1-13-9-10-17(19,16(2,3)11-13)12-20-15(18)14-7-5-4-6-8-14/h4-8,11,19H,9-10,12H2,1-3H3/t17-/m1/s1. The highest BCUT2D eigenvalue weighted by Gasteiger charge is 2.45. The van der Waals surface area contributed by atoms with Gasteiger partial charge in [0.15, 0.2) is 0 Å². The number of allylic oxidation sites excluding steroid dienone is 1. The molecule has 1 aromatic carbocycles. The summed E-state index contributed by atoms with van der Waals surface area (Å²) in [6, 6.07) is 8.86. The maximum Gasteiger partial charge on any atom is 0.338 e. The van der Waals surface area contributed by atoms with E-state index >= 15 is 0 Å². The molecular weight excluding hydrogens is 252 g/mol. The fourth-order valence-corrected chi connectivity index (χ4v) is 2.65. The van der Waals surface area contributed by atoms with Gasteiger partial charge in [0.25, 0.3) is 0 Å². The number of rotatable bonds is 3. The molecule has 0 radical (unpaired) electrons. The van der Waals surface area contributed by atoms with Crippen molar-refractivity contribution in [3.05, 3.63) is 47.5 Å². The summed E-state index contributed by atoms with van der Waals surface area (Å²) in [6.07, 6.45) is 3.53. The lowest BCUT2D eigenvalue weighted by atomic mass is 9.68. The van der Waals surface area contributed by atoms with Crippen molar-refractivity contribution in [2.45, 2.75) is 39.2 Å². The highest BCUT2D eigenvalue weighted by Crippen LogP contribution is 2.42. The molecule has 1 aliphatic rings.